The second kappa shape index (κ2) is 10.9. The van der Waals surface area contributed by atoms with Gasteiger partial charge in [0.15, 0.2) is 0 Å². The average molecular weight is 370 g/mol. The molecule has 0 spiro atoms. The number of unbranched alkanes of at least 4 members (excludes halogenated alkanes) is 2. The van der Waals surface area contributed by atoms with Crippen LogP contribution in [0.25, 0.3) is 0 Å². The standard InChI is InChI=1S/C22H35N5/c1-5-6-7-14-24-21-20(17(2)25-22(23)26-21)16-19-12-10-18(11-13-19)9-8-15-27(3)4/h10-13H,5-9,14-16H2,1-4H3,(H3,23,24,25,26). The monoisotopic (exact) mass is 369 g/mol. The summed E-state index contributed by atoms with van der Waals surface area (Å²) >= 11 is 0. The number of aryl methyl sites for hydroxylation is 2. The van der Waals surface area contributed by atoms with Crippen LogP contribution in [-0.4, -0.2) is 42.1 Å². The lowest BCUT2D eigenvalue weighted by Gasteiger charge is -2.14. The zero-order valence-corrected chi connectivity index (χ0v) is 17.4. The van der Waals surface area contributed by atoms with E-state index in [1.54, 1.807) is 0 Å². The summed E-state index contributed by atoms with van der Waals surface area (Å²) in [6.07, 6.45) is 6.69. The van der Waals surface area contributed by atoms with Crippen molar-refractivity contribution < 1.29 is 0 Å². The lowest BCUT2D eigenvalue weighted by Crippen LogP contribution is -2.13. The highest BCUT2D eigenvalue weighted by atomic mass is 15.1. The second-order valence-electron chi connectivity index (χ2n) is 7.53. The van der Waals surface area contributed by atoms with Crippen LogP contribution < -0.4 is 11.1 Å². The van der Waals surface area contributed by atoms with Crippen LogP contribution in [0.5, 0.6) is 0 Å². The maximum atomic E-state index is 5.87. The van der Waals surface area contributed by atoms with Crippen LogP contribution >= 0.6 is 0 Å². The third-order valence-electron chi connectivity index (χ3n) is 4.78. The Labute approximate surface area is 164 Å². The lowest BCUT2D eigenvalue weighted by molar-refractivity contribution is 0.400. The fourth-order valence-electron chi connectivity index (χ4n) is 3.18. The maximum Gasteiger partial charge on any atom is 0.222 e. The molecule has 1 aromatic carbocycles. The van der Waals surface area contributed by atoms with E-state index < -0.39 is 0 Å². The van der Waals surface area contributed by atoms with Gasteiger partial charge in [-0.15, -0.1) is 0 Å². The fraction of sp³-hybridized carbons (Fsp3) is 0.545. The molecule has 2 rings (SSSR count). The Hall–Kier alpha value is -2.14. The van der Waals surface area contributed by atoms with Gasteiger partial charge < -0.3 is 16.0 Å². The van der Waals surface area contributed by atoms with Crippen molar-refractivity contribution in [2.24, 2.45) is 0 Å². The summed E-state index contributed by atoms with van der Waals surface area (Å²) < 4.78 is 0. The van der Waals surface area contributed by atoms with Gasteiger partial charge in [0, 0.05) is 24.2 Å². The molecule has 0 saturated heterocycles. The molecule has 0 fully saturated rings. The summed E-state index contributed by atoms with van der Waals surface area (Å²) in [5.74, 6) is 1.22. The lowest BCUT2D eigenvalue weighted by atomic mass is 10.0. The number of benzene rings is 1. The molecular weight excluding hydrogens is 334 g/mol. The van der Waals surface area contributed by atoms with Crippen molar-refractivity contribution >= 4 is 11.8 Å². The molecule has 0 radical (unpaired) electrons. The van der Waals surface area contributed by atoms with Crippen LogP contribution in [0.3, 0.4) is 0 Å². The van der Waals surface area contributed by atoms with E-state index in [0.717, 1.165) is 49.4 Å². The molecule has 148 valence electrons. The molecule has 0 unspecified atom stereocenters. The van der Waals surface area contributed by atoms with Gasteiger partial charge in [-0.1, -0.05) is 44.0 Å². The molecule has 1 heterocycles. The van der Waals surface area contributed by atoms with Crippen LogP contribution in [0.2, 0.25) is 0 Å². The molecule has 27 heavy (non-hydrogen) atoms. The van der Waals surface area contributed by atoms with Crippen LogP contribution in [0, 0.1) is 6.92 Å². The Morgan fingerprint density at radius 1 is 1.00 bits per heavy atom. The van der Waals surface area contributed by atoms with Crippen molar-refractivity contribution in [2.75, 3.05) is 38.2 Å². The van der Waals surface area contributed by atoms with Crippen molar-refractivity contribution in [3.05, 3.63) is 46.6 Å². The highest BCUT2D eigenvalue weighted by Gasteiger charge is 2.11. The largest absolute Gasteiger partial charge is 0.370 e. The van der Waals surface area contributed by atoms with E-state index in [-0.39, 0.29) is 0 Å². The third kappa shape index (κ3) is 7.18. The quantitative estimate of drug-likeness (QED) is 0.585. The first-order chi connectivity index (χ1) is 13.0. The molecule has 0 bridgehead atoms. The van der Waals surface area contributed by atoms with E-state index in [4.69, 9.17) is 5.73 Å². The van der Waals surface area contributed by atoms with Gasteiger partial charge in [-0.05, 0) is 58.0 Å². The van der Waals surface area contributed by atoms with Crippen molar-refractivity contribution in [1.82, 2.24) is 14.9 Å². The number of nitrogens with zero attached hydrogens (tertiary/aromatic N) is 3. The number of hydrogen-bond donors (Lipinski definition) is 2. The Morgan fingerprint density at radius 2 is 1.70 bits per heavy atom. The Balaban J connectivity index is 2.04. The maximum absolute atomic E-state index is 5.87. The Kier molecular flexibility index (Phi) is 8.52. The molecule has 5 heteroatoms. The van der Waals surface area contributed by atoms with E-state index in [2.05, 4.69) is 65.5 Å². The number of nitrogens with two attached hydrogens (primary N) is 1. The Morgan fingerprint density at radius 3 is 2.37 bits per heavy atom. The number of aromatic nitrogens is 2. The number of nitrogen functional groups attached to an aromatic ring is 1. The van der Waals surface area contributed by atoms with E-state index in [0.29, 0.717) is 5.95 Å². The second-order valence-corrected chi connectivity index (χ2v) is 7.53. The van der Waals surface area contributed by atoms with Gasteiger partial charge in [0.25, 0.3) is 0 Å². The molecule has 3 N–H and O–H groups in total. The summed E-state index contributed by atoms with van der Waals surface area (Å²) in [6, 6.07) is 8.93. The van der Waals surface area contributed by atoms with E-state index in [1.165, 1.54) is 30.4 Å². The highest BCUT2D eigenvalue weighted by Crippen LogP contribution is 2.22. The van der Waals surface area contributed by atoms with Gasteiger partial charge in [0.1, 0.15) is 5.82 Å². The zero-order chi connectivity index (χ0) is 19.6. The number of anilines is 2. The van der Waals surface area contributed by atoms with E-state index in [1.807, 2.05) is 6.92 Å². The van der Waals surface area contributed by atoms with Crippen molar-refractivity contribution in [1.29, 1.82) is 0 Å². The van der Waals surface area contributed by atoms with Crippen molar-refractivity contribution in [3.8, 4) is 0 Å². The number of rotatable bonds is 11. The van der Waals surface area contributed by atoms with Gasteiger partial charge >= 0.3 is 0 Å². The minimum atomic E-state index is 0.338. The molecule has 0 aliphatic rings. The smallest absolute Gasteiger partial charge is 0.222 e. The molecule has 1 aromatic heterocycles. The van der Waals surface area contributed by atoms with Crippen LogP contribution in [-0.2, 0) is 12.8 Å². The first kappa shape index (κ1) is 21.2. The van der Waals surface area contributed by atoms with Gasteiger partial charge in [0.2, 0.25) is 5.95 Å². The first-order valence-corrected chi connectivity index (χ1v) is 10.1. The molecule has 0 amide bonds. The van der Waals surface area contributed by atoms with Gasteiger partial charge in [-0.3, -0.25) is 0 Å². The summed E-state index contributed by atoms with van der Waals surface area (Å²) in [5, 5.41) is 3.46. The summed E-state index contributed by atoms with van der Waals surface area (Å²) in [7, 11) is 4.24. The molecule has 0 saturated carbocycles. The third-order valence-corrected chi connectivity index (χ3v) is 4.78. The van der Waals surface area contributed by atoms with E-state index >= 15 is 0 Å². The molecular formula is C22H35N5. The van der Waals surface area contributed by atoms with Gasteiger partial charge in [-0.2, -0.15) is 4.98 Å². The SMILES string of the molecule is CCCCCNc1nc(N)nc(C)c1Cc1ccc(CCCN(C)C)cc1. The zero-order valence-electron chi connectivity index (χ0n) is 17.4. The molecule has 2 aromatic rings. The molecule has 0 aliphatic carbocycles. The summed E-state index contributed by atoms with van der Waals surface area (Å²) in [5.41, 5.74) is 10.6. The van der Waals surface area contributed by atoms with Crippen LogP contribution in [0.4, 0.5) is 11.8 Å². The molecule has 5 nitrogen and oxygen atoms in total. The predicted molar refractivity (Wildman–Crippen MR) is 115 cm³/mol. The van der Waals surface area contributed by atoms with Crippen molar-refractivity contribution in [3.63, 3.8) is 0 Å². The average Bonchev–Trinajstić information content (AvgIpc) is 2.62. The Bertz CT molecular complexity index is 695. The predicted octanol–water partition coefficient (Wildman–Crippen LogP) is 4.05. The minimum Gasteiger partial charge on any atom is -0.370 e. The first-order valence-electron chi connectivity index (χ1n) is 10.1. The molecule has 0 atom stereocenters. The van der Waals surface area contributed by atoms with Crippen molar-refractivity contribution in [2.45, 2.75) is 52.4 Å². The van der Waals surface area contributed by atoms with Crippen LogP contribution in [0.15, 0.2) is 24.3 Å². The van der Waals surface area contributed by atoms with Gasteiger partial charge in [0.05, 0.1) is 0 Å². The fourth-order valence-corrected chi connectivity index (χ4v) is 3.18. The topological polar surface area (TPSA) is 67.1 Å². The highest BCUT2D eigenvalue weighted by molar-refractivity contribution is 5.51. The van der Waals surface area contributed by atoms with Gasteiger partial charge in [-0.25, -0.2) is 4.98 Å². The summed E-state index contributed by atoms with van der Waals surface area (Å²) in [4.78, 5) is 11.1. The molecule has 0 aliphatic heterocycles. The normalized spacial score (nSPS) is 11.1. The summed E-state index contributed by atoms with van der Waals surface area (Å²) in [6.45, 7) is 6.26. The minimum absolute atomic E-state index is 0.338. The van der Waals surface area contributed by atoms with E-state index in [9.17, 15) is 0 Å². The number of hydrogen-bond acceptors (Lipinski definition) is 5. The van der Waals surface area contributed by atoms with Crippen LogP contribution in [0.1, 0.15) is 55.0 Å². The number of nitrogens with one attached hydrogen (secondary N) is 1.